The molecule has 1 fully saturated rings. The van der Waals surface area contributed by atoms with Gasteiger partial charge in [0.25, 0.3) is 5.91 Å². The Kier molecular flexibility index (Phi) is 7.38. The second kappa shape index (κ2) is 9.66. The molecule has 0 aliphatic carbocycles. The Labute approximate surface area is 187 Å². The van der Waals surface area contributed by atoms with Crippen molar-refractivity contribution in [2.45, 2.75) is 30.3 Å². The lowest BCUT2D eigenvalue weighted by Crippen LogP contribution is -2.49. The first-order valence-electron chi connectivity index (χ1n) is 9.65. The van der Waals surface area contributed by atoms with Crippen LogP contribution in [0.2, 0.25) is 5.02 Å². The van der Waals surface area contributed by atoms with E-state index in [4.69, 9.17) is 11.6 Å². The molecule has 8 nitrogen and oxygen atoms in total. The van der Waals surface area contributed by atoms with Gasteiger partial charge in [0.1, 0.15) is 4.90 Å². The van der Waals surface area contributed by atoms with Gasteiger partial charge >= 0.3 is 0 Å². The number of rotatable bonds is 7. The molecule has 1 unspecified atom stereocenters. The molecule has 2 aromatic carbocycles. The molecule has 0 spiro atoms. The number of amides is 1. The molecule has 2 aromatic rings. The van der Waals surface area contributed by atoms with Crippen LogP contribution in [0.1, 0.15) is 28.8 Å². The third-order valence-electron chi connectivity index (χ3n) is 4.98. The smallest absolute Gasteiger partial charge is 0.251 e. The molecule has 1 heterocycles. The van der Waals surface area contributed by atoms with E-state index in [0.717, 1.165) is 11.8 Å². The van der Waals surface area contributed by atoms with Gasteiger partial charge in [-0.25, -0.2) is 25.9 Å². The summed E-state index contributed by atoms with van der Waals surface area (Å²) in [7, 11) is -7.30. The number of piperidine rings is 1. The minimum absolute atomic E-state index is 0.00182. The fourth-order valence-corrected chi connectivity index (χ4v) is 5.79. The second-order valence-corrected chi connectivity index (χ2v) is 11.5. The second-order valence-electron chi connectivity index (χ2n) is 7.39. The molecule has 1 amide bonds. The summed E-state index contributed by atoms with van der Waals surface area (Å²) in [5.74, 6) is -0.489. The quantitative estimate of drug-likeness (QED) is 0.622. The number of hydrogen-bond acceptors (Lipinski definition) is 5. The zero-order valence-electron chi connectivity index (χ0n) is 16.9. The topological polar surface area (TPSA) is 113 Å². The van der Waals surface area contributed by atoms with Gasteiger partial charge in [-0.05, 0) is 36.6 Å². The Morgan fingerprint density at radius 1 is 1.13 bits per heavy atom. The molecule has 1 aliphatic heterocycles. The van der Waals surface area contributed by atoms with E-state index < -0.39 is 26.0 Å². The molecule has 168 valence electrons. The van der Waals surface area contributed by atoms with Crippen molar-refractivity contribution in [3.63, 3.8) is 0 Å². The first-order valence-corrected chi connectivity index (χ1v) is 13.4. The lowest BCUT2D eigenvalue weighted by molar-refractivity contribution is 0.0921. The Morgan fingerprint density at radius 2 is 1.84 bits per heavy atom. The largest absolute Gasteiger partial charge is 0.348 e. The van der Waals surface area contributed by atoms with Gasteiger partial charge in [-0.15, -0.1) is 0 Å². The molecule has 0 saturated carbocycles. The summed E-state index contributed by atoms with van der Waals surface area (Å²) in [5.41, 5.74) is 0.907. The number of benzene rings is 2. The molecule has 0 aromatic heterocycles. The van der Waals surface area contributed by atoms with Crippen molar-refractivity contribution < 1.29 is 21.6 Å². The SMILES string of the molecule is CS(=O)(=O)N1CCCC(NC(=O)c2ccc(Cl)c(S(=O)(=O)NCc3ccccc3)c2)C1. The van der Waals surface area contributed by atoms with Crippen molar-refractivity contribution in [3.8, 4) is 0 Å². The highest BCUT2D eigenvalue weighted by Gasteiger charge is 2.27. The number of nitrogens with zero attached hydrogens (tertiary/aromatic N) is 1. The van der Waals surface area contributed by atoms with Crippen LogP contribution in [-0.2, 0) is 26.6 Å². The van der Waals surface area contributed by atoms with Crippen LogP contribution >= 0.6 is 11.6 Å². The van der Waals surface area contributed by atoms with E-state index in [-0.39, 0.29) is 34.6 Å². The zero-order chi connectivity index (χ0) is 22.6. The van der Waals surface area contributed by atoms with E-state index in [9.17, 15) is 21.6 Å². The Balaban J connectivity index is 1.73. The van der Waals surface area contributed by atoms with E-state index in [1.807, 2.05) is 6.07 Å². The molecule has 1 saturated heterocycles. The van der Waals surface area contributed by atoms with Gasteiger partial charge in [0.05, 0.1) is 11.3 Å². The number of nitrogens with one attached hydrogen (secondary N) is 2. The van der Waals surface area contributed by atoms with Gasteiger partial charge in [-0.2, -0.15) is 0 Å². The maximum Gasteiger partial charge on any atom is 0.251 e. The lowest BCUT2D eigenvalue weighted by Gasteiger charge is -2.31. The molecular weight excluding hydrogens is 462 g/mol. The van der Waals surface area contributed by atoms with Crippen LogP contribution in [0, 0.1) is 0 Å². The van der Waals surface area contributed by atoms with Crippen LogP contribution in [0.4, 0.5) is 0 Å². The highest BCUT2D eigenvalue weighted by molar-refractivity contribution is 7.89. The average molecular weight is 486 g/mol. The summed E-state index contributed by atoms with van der Waals surface area (Å²) < 4.78 is 52.8. The molecule has 1 atom stereocenters. The summed E-state index contributed by atoms with van der Waals surface area (Å²) in [4.78, 5) is 12.5. The minimum Gasteiger partial charge on any atom is -0.348 e. The maximum atomic E-state index is 12.7. The first kappa shape index (κ1) is 23.7. The Bertz CT molecular complexity index is 1150. The van der Waals surface area contributed by atoms with Gasteiger partial charge in [-0.3, -0.25) is 4.79 Å². The van der Waals surface area contributed by atoms with Crippen LogP contribution in [0.3, 0.4) is 0 Å². The van der Waals surface area contributed by atoms with Gasteiger partial charge in [0.15, 0.2) is 0 Å². The van der Waals surface area contributed by atoms with Crippen LogP contribution < -0.4 is 10.0 Å². The highest BCUT2D eigenvalue weighted by Crippen LogP contribution is 2.23. The summed E-state index contributed by atoms with van der Waals surface area (Å²) in [6, 6.07) is 12.7. The summed E-state index contributed by atoms with van der Waals surface area (Å²) in [6.07, 6.45) is 2.40. The fraction of sp³-hybridized carbons (Fsp3) is 0.350. The van der Waals surface area contributed by atoms with E-state index in [1.165, 1.54) is 22.5 Å². The van der Waals surface area contributed by atoms with E-state index >= 15 is 0 Å². The van der Waals surface area contributed by atoms with Crippen molar-refractivity contribution >= 4 is 37.6 Å². The van der Waals surface area contributed by atoms with Crippen LogP contribution in [0.25, 0.3) is 0 Å². The lowest BCUT2D eigenvalue weighted by atomic mass is 10.1. The third-order valence-corrected chi connectivity index (χ3v) is 8.13. The number of sulfonamides is 2. The Hall–Kier alpha value is -1.98. The van der Waals surface area contributed by atoms with Crippen molar-refractivity contribution in [2.75, 3.05) is 19.3 Å². The molecule has 0 bridgehead atoms. The van der Waals surface area contributed by atoms with Crippen molar-refractivity contribution in [1.29, 1.82) is 0 Å². The fourth-order valence-electron chi connectivity index (χ4n) is 3.33. The van der Waals surface area contributed by atoms with Crippen molar-refractivity contribution in [3.05, 3.63) is 64.7 Å². The van der Waals surface area contributed by atoms with Crippen molar-refractivity contribution in [1.82, 2.24) is 14.3 Å². The average Bonchev–Trinajstić information content (AvgIpc) is 2.73. The predicted molar refractivity (Wildman–Crippen MR) is 119 cm³/mol. The van der Waals surface area contributed by atoms with E-state index in [0.29, 0.717) is 19.4 Å². The first-order chi connectivity index (χ1) is 14.6. The molecular formula is C20H24ClN3O5S2. The Morgan fingerprint density at radius 3 is 2.52 bits per heavy atom. The van der Waals surface area contributed by atoms with Gasteiger partial charge in [-0.1, -0.05) is 41.9 Å². The minimum atomic E-state index is -3.96. The highest BCUT2D eigenvalue weighted by atomic mass is 35.5. The third kappa shape index (κ3) is 6.27. The van der Waals surface area contributed by atoms with Gasteiger partial charge < -0.3 is 5.32 Å². The summed E-state index contributed by atoms with van der Waals surface area (Å²) in [5, 5.41) is 2.79. The molecule has 11 heteroatoms. The van der Waals surface area contributed by atoms with Crippen molar-refractivity contribution in [2.24, 2.45) is 0 Å². The predicted octanol–water partition coefficient (Wildman–Crippen LogP) is 1.97. The van der Waals surface area contributed by atoms with Crippen LogP contribution in [0.15, 0.2) is 53.4 Å². The normalized spacial score (nSPS) is 17.9. The monoisotopic (exact) mass is 485 g/mol. The molecule has 0 radical (unpaired) electrons. The van der Waals surface area contributed by atoms with Crippen LogP contribution in [-0.4, -0.2) is 52.4 Å². The zero-order valence-corrected chi connectivity index (χ0v) is 19.3. The van der Waals surface area contributed by atoms with Crippen LogP contribution in [0.5, 0.6) is 0 Å². The summed E-state index contributed by atoms with van der Waals surface area (Å²) >= 11 is 6.10. The van der Waals surface area contributed by atoms with E-state index in [2.05, 4.69) is 10.0 Å². The molecule has 3 rings (SSSR count). The standard InChI is InChI=1S/C20H24ClN3O5S2/c1-30(26,27)24-11-5-8-17(14-24)23-20(25)16-9-10-18(21)19(12-16)31(28,29)22-13-15-6-3-2-4-7-15/h2-4,6-7,9-10,12,17,22H,5,8,11,13-14H2,1H3,(H,23,25). The number of halogens is 1. The number of carbonyl (C=O) groups is 1. The molecule has 1 aliphatic rings. The summed E-state index contributed by atoms with van der Waals surface area (Å²) in [6.45, 7) is 0.683. The number of hydrogen-bond donors (Lipinski definition) is 2. The van der Waals surface area contributed by atoms with Gasteiger partial charge in [0, 0.05) is 31.2 Å². The van der Waals surface area contributed by atoms with E-state index in [1.54, 1.807) is 24.3 Å². The molecule has 31 heavy (non-hydrogen) atoms. The molecule has 2 N–H and O–H groups in total. The van der Waals surface area contributed by atoms with Gasteiger partial charge in [0.2, 0.25) is 20.0 Å². The number of carbonyl (C=O) groups excluding carboxylic acids is 1. The maximum absolute atomic E-state index is 12.7.